The van der Waals surface area contributed by atoms with E-state index in [0.29, 0.717) is 0 Å². The Morgan fingerprint density at radius 3 is 1.79 bits per heavy atom. The van der Waals surface area contributed by atoms with Crippen LogP contribution >= 0.6 is 0 Å². The predicted molar refractivity (Wildman–Crippen MR) is 153 cm³/mol. The fraction of sp³-hybridized carbons (Fsp3) is 0.483. The van der Waals surface area contributed by atoms with Gasteiger partial charge in [0.1, 0.15) is 60.0 Å². The molecule has 18 heteroatoms. The van der Waals surface area contributed by atoms with Crippen LogP contribution in [0.2, 0.25) is 0 Å². The van der Waals surface area contributed by atoms with Crippen molar-refractivity contribution in [3.63, 3.8) is 0 Å². The highest BCUT2D eigenvalue weighted by Crippen LogP contribution is 2.45. The average molecular weight is 671 g/mol. The molecule has 2 fully saturated rings. The third-order valence-electron chi connectivity index (χ3n) is 7.84. The summed E-state index contributed by atoms with van der Waals surface area (Å²) in [7, 11) is 2.40. The van der Waals surface area contributed by atoms with E-state index in [1.54, 1.807) is 0 Å². The summed E-state index contributed by atoms with van der Waals surface area (Å²) in [5.41, 5.74) is -1.51. The van der Waals surface area contributed by atoms with Gasteiger partial charge >= 0.3 is 0 Å². The van der Waals surface area contributed by atoms with Gasteiger partial charge in [-0.1, -0.05) is 0 Å². The van der Waals surface area contributed by atoms with Crippen molar-refractivity contribution in [2.45, 2.75) is 61.4 Å². The van der Waals surface area contributed by atoms with Crippen LogP contribution in [0.4, 0.5) is 0 Å². The number of aliphatic hydroxyl groups excluding tert-OH is 8. The van der Waals surface area contributed by atoms with Gasteiger partial charge < -0.3 is 83.9 Å². The third-order valence-corrected chi connectivity index (χ3v) is 7.84. The number of hydrogen-bond donors (Lipinski definition) is 10. The van der Waals surface area contributed by atoms with Gasteiger partial charge in [0.15, 0.2) is 28.6 Å². The molecular weight excluding hydrogens is 636 g/mol. The van der Waals surface area contributed by atoms with Crippen LogP contribution in [-0.4, -0.2) is 140 Å². The summed E-state index contributed by atoms with van der Waals surface area (Å²) in [4.78, 5) is 14.1. The second kappa shape index (κ2) is 13.6. The molecule has 2 aliphatic rings. The second-order valence-corrected chi connectivity index (χ2v) is 10.7. The van der Waals surface area contributed by atoms with Crippen molar-refractivity contribution in [2.75, 3.05) is 27.4 Å². The van der Waals surface area contributed by atoms with E-state index < -0.39 is 108 Å². The van der Waals surface area contributed by atoms with Crippen molar-refractivity contribution in [3.8, 4) is 45.8 Å². The maximum atomic E-state index is 14.1. The lowest BCUT2D eigenvalue weighted by Gasteiger charge is -2.39. The van der Waals surface area contributed by atoms with Gasteiger partial charge in [-0.3, -0.25) is 4.79 Å². The minimum atomic E-state index is -1.94. The van der Waals surface area contributed by atoms with Crippen molar-refractivity contribution in [1.82, 2.24) is 0 Å². The Balaban J connectivity index is 1.68. The highest BCUT2D eigenvalue weighted by Gasteiger charge is 2.47. The topological polar surface area (TPSA) is 288 Å². The number of aromatic hydroxyl groups is 2. The molecule has 0 spiro atoms. The monoisotopic (exact) mass is 670 g/mol. The van der Waals surface area contributed by atoms with Crippen molar-refractivity contribution >= 4 is 11.0 Å². The van der Waals surface area contributed by atoms with Crippen LogP contribution in [0.5, 0.6) is 34.5 Å². The van der Waals surface area contributed by atoms with Crippen LogP contribution in [0, 0.1) is 0 Å². The fourth-order valence-corrected chi connectivity index (χ4v) is 5.25. The van der Waals surface area contributed by atoms with E-state index in [2.05, 4.69) is 0 Å². The third kappa shape index (κ3) is 6.11. The maximum absolute atomic E-state index is 14.1. The zero-order valence-corrected chi connectivity index (χ0v) is 24.7. The Morgan fingerprint density at radius 1 is 0.681 bits per heavy atom. The molecule has 2 saturated heterocycles. The van der Waals surface area contributed by atoms with Crippen LogP contribution in [0.25, 0.3) is 22.3 Å². The standard InChI is InChI=1S/C29H34O18/c1-41-12-5-9(3-4-10(12)32)24-27(47-29-23(40)21(38)18(35)15(8-31)45-29)19(36)16-11(33)6-13(25(42-2)26(16)46-24)43-28-22(39)20(37)17(34)14(7-30)44-28/h3-6,14-15,17-18,20-23,28-35,37-40H,7-8H2,1-2H3/t14-,15-,17-,18-,20+,21+,22-,23-,28-,29+/m1/s1. The van der Waals surface area contributed by atoms with Crippen LogP contribution < -0.4 is 24.4 Å². The predicted octanol–water partition coefficient (Wildman–Crippen LogP) is -2.75. The van der Waals surface area contributed by atoms with Crippen molar-refractivity contribution in [1.29, 1.82) is 0 Å². The van der Waals surface area contributed by atoms with Crippen LogP contribution in [0.1, 0.15) is 0 Å². The molecule has 1 aromatic heterocycles. The highest BCUT2D eigenvalue weighted by molar-refractivity contribution is 5.93. The number of phenolic OH excluding ortho intramolecular Hbond substituents is 2. The van der Waals surface area contributed by atoms with E-state index >= 15 is 0 Å². The Kier molecular flexibility index (Phi) is 9.99. The Bertz CT molecular complexity index is 1640. The SMILES string of the molecule is COc1cc(-c2oc3c(OC)c(O[C@@H]4O[C@H](CO)[C@@H](O)[C@H](O)[C@H]4O)cc(O)c3c(=O)c2O[C@@H]2O[C@H](CO)[C@@H](O)[C@H](O)[C@H]2O)ccc1O. The van der Waals surface area contributed by atoms with Crippen LogP contribution in [-0.2, 0) is 9.47 Å². The Hall–Kier alpha value is -3.95. The van der Waals surface area contributed by atoms with Gasteiger partial charge in [-0.25, -0.2) is 0 Å². The molecule has 0 bridgehead atoms. The number of phenols is 2. The molecule has 2 aromatic carbocycles. The Labute approximate surface area is 264 Å². The first-order valence-electron chi connectivity index (χ1n) is 14.1. The number of methoxy groups -OCH3 is 2. The van der Waals surface area contributed by atoms with E-state index in [1.807, 2.05) is 0 Å². The number of ether oxygens (including phenoxy) is 6. The summed E-state index contributed by atoms with van der Waals surface area (Å²) in [6.07, 6.45) is -17.2. The van der Waals surface area contributed by atoms with Gasteiger partial charge in [0, 0.05) is 11.6 Å². The summed E-state index contributed by atoms with van der Waals surface area (Å²) in [6.45, 7) is -1.55. The minimum Gasteiger partial charge on any atom is -0.507 e. The molecule has 0 saturated carbocycles. The summed E-state index contributed by atoms with van der Waals surface area (Å²) in [5.74, 6) is -3.00. The van der Waals surface area contributed by atoms with E-state index in [4.69, 9.17) is 32.8 Å². The summed E-state index contributed by atoms with van der Waals surface area (Å²) in [5, 5.41) is 102. The largest absolute Gasteiger partial charge is 0.507 e. The molecule has 3 aromatic rings. The van der Waals surface area contributed by atoms with Crippen molar-refractivity contribution in [2.24, 2.45) is 0 Å². The van der Waals surface area contributed by atoms with Crippen LogP contribution in [0.15, 0.2) is 33.5 Å². The first-order valence-corrected chi connectivity index (χ1v) is 14.1. The van der Waals surface area contributed by atoms with Crippen molar-refractivity contribution in [3.05, 3.63) is 34.5 Å². The molecule has 10 atom stereocenters. The molecule has 18 nitrogen and oxygen atoms in total. The first kappa shape index (κ1) is 34.4. The van der Waals surface area contributed by atoms with E-state index in [9.17, 15) is 55.9 Å². The number of rotatable bonds is 9. The molecule has 3 heterocycles. The van der Waals surface area contributed by atoms with Gasteiger partial charge in [0.05, 0.1) is 27.4 Å². The quantitative estimate of drug-likeness (QED) is 0.110. The number of fused-ring (bicyclic) bond motifs is 1. The Morgan fingerprint density at radius 2 is 1.26 bits per heavy atom. The fourth-order valence-electron chi connectivity index (χ4n) is 5.25. The number of aliphatic hydroxyl groups is 8. The summed E-state index contributed by atoms with van der Waals surface area (Å²) < 4.78 is 38.8. The van der Waals surface area contributed by atoms with Gasteiger partial charge in [-0.2, -0.15) is 0 Å². The lowest BCUT2D eigenvalue weighted by atomic mass is 9.99. The van der Waals surface area contributed by atoms with E-state index in [-0.39, 0.29) is 28.6 Å². The molecule has 0 radical (unpaired) electrons. The second-order valence-electron chi connectivity index (χ2n) is 10.7. The normalized spacial score (nSPS) is 31.0. The highest BCUT2D eigenvalue weighted by atomic mass is 16.7. The lowest BCUT2D eigenvalue weighted by Crippen LogP contribution is -2.60. The molecule has 0 aliphatic carbocycles. The molecule has 47 heavy (non-hydrogen) atoms. The molecule has 0 unspecified atom stereocenters. The summed E-state index contributed by atoms with van der Waals surface area (Å²) >= 11 is 0. The van der Waals surface area contributed by atoms with Gasteiger partial charge in [0.2, 0.25) is 29.5 Å². The zero-order chi connectivity index (χ0) is 34.3. The molecule has 10 N–H and O–H groups in total. The van der Waals surface area contributed by atoms with E-state index in [0.717, 1.165) is 13.2 Å². The maximum Gasteiger partial charge on any atom is 0.239 e. The van der Waals surface area contributed by atoms with Gasteiger partial charge in [-0.15, -0.1) is 0 Å². The van der Waals surface area contributed by atoms with Crippen molar-refractivity contribution < 1.29 is 83.9 Å². The molecule has 258 valence electrons. The molecule has 5 rings (SSSR count). The molecule has 2 aliphatic heterocycles. The zero-order valence-electron chi connectivity index (χ0n) is 24.7. The molecule has 0 amide bonds. The van der Waals surface area contributed by atoms with Crippen LogP contribution in [0.3, 0.4) is 0 Å². The number of hydrogen-bond acceptors (Lipinski definition) is 18. The van der Waals surface area contributed by atoms with E-state index in [1.165, 1.54) is 25.3 Å². The van der Waals surface area contributed by atoms with Gasteiger partial charge in [-0.05, 0) is 18.2 Å². The molecular formula is C29H34O18. The van der Waals surface area contributed by atoms with Gasteiger partial charge in [0.25, 0.3) is 0 Å². The number of benzene rings is 2. The summed E-state index contributed by atoms with van der Waals surface area (Å²) in [6, 6.07) is 4.63. The lowest BCUT2D eigenvalue weighted by molar-refractivity contribution is -0.277. The minimum absolute atomic E-state index is 0.0278. The average Bonchev–Trinajstić information content (AvgIpc) is 3.06. The smallest absolute Gasteiger partial charge is 0.239 e. The first-order chi connectivity index (χ1) is 22.4.